The minimum absolute atomic E-state index is 0.315. The minimum Gasteiger partial charge on any atom is -0.481 e. The second-order valence-electron chi connectivity index (χ2n) is 12.4. The number of hydrogen-bond donors (Lipinski definition) is 2. The first kappa shape index (κ1) is 39.4. The molecule has 0 saturated heterocycles. The van der Waals surface area contributed by atoms with E-state index in [4.69, 9.17) is 5.73 Å². The number of primary amides is 1. The van der Waals surface area contributed by atoms with E-state index in [0.29, 0.717) is 12.8 Å². The quantitative estimate of drug-likeness (QED) is 0.0618. The molecule has 0 aliphatic rings. The third-order valence-corrected chi connectivity index (χ3v) is 8.45. The van der Waals surface area contributed by atoms with Gasteiger partial charge in [-0.25, -0.2) is 0 Å². The zero-order valence-corrected chi connectivity index (χ0v) is 27.4. The van der Waals surface area contributed by atoms with Crippen molar-refractivity contribution >= 4 is 11.9 Å². The van der Waals surface area contributed by atoms with E-state index in [-0.39, 0.29) is 11.8 Å². The van der Waals surface area contributed by atoms with E-state index in [2.05, 4.69) is 38.2 Å². The third-order valence-electron chi connectivity index (χ3n) is 8.45. The second-order valence-corrected chi connectivity index (χ2v) is 12.4. The van der Waals surface area contributed by atoms with Gasteiger partial charge in [-0.3, -0.25) is 9.59 Å². The van der Waals surface area contributed by atoms with Gasteiger partial charge in [-0.15, -0.1) is 0 Å². The lowest BCUT2D eigenvalue weighted by Gasteiger charge is -2.18. The number of carboxylic acids is 1. The molecule has 0 aliphatic carbocycles. The molecule has 0 fully saturated rings. The van der Waals surface area contributed by atoms with Crippen molar-refractivity contribution in [3.63, 3.8) is 0 Å². The number of unbranched alkanes of at least 4 members (excludes halogenated alkanes) is 20. The van der Waals surface area contributed by atoms with Crippen molar-refractivity contribution in [3.8, 4) is 0 Å². The summed E-state index contributed by atoms with van der Waals surface area (Å²) in [6, 6.07) is 0. The second kappa shape index (κ2) is 31.4. The smallest absolute Gasteiger partial charge is 0.306 e. The molecule has 2 unspecified atom stereocenters. The predicted molar refractivity (Wildman–Crippen MR) is 178 cm³/mol. The van der Waals surface area contributed by atoms with Crippen LogP contribution in [0.25, 0.3) is 0 Å². The van der Waals surface area contributed by atoms with Gasteiger partial charge in [0.2, 0.25) is 5.91 Å². The molecule has 0 aliphatic heterocycles. The Labute approximate surface area is 255 Å². The van der Waals surface area contributed by atoms with Crippen molar-refractivity contribution < 1.29 is 14.7 Å². The SMILES string of the molecule is CCCCCCCC/C=C\CCCCCCC(CC(CCCCCC/C=C\CCCCCCCC)C(=O)O)C(N)=O. The minimum atomic E-state index is -0.776. The molecule has 2 atom stereocenters. The Morgan fingerprint density at radius 1 is 0.512 bits per heavy atom. The fourth-order valence-electron chi connectivity index (χ4n) is 5.63. The number of carboxylic acid groups (broad SMARTS) is 1. The Morgan fingerprint density at radius 2 is 0.829 bits per heavy atom. The summed E-state index contributed by atoms with van der Waals surface area (Å²) in [5.74, 6) is -1.88. The molecule has 0 bridgehead atoms. The van der Waals surface area contributed by atoms with Gasteiger partial charge in [0.1, 0.15) is 0 Å². The lowest BCUT2D eigenvalue weighted by atomic mass is 9.86. The molecule has 0 saturated carbocycles. The highest BCUT2D eigenvalue weighted by Crippen LogP contribution is 2.24. The standard InChI is InChI=1S/C37H69NO3/c1-3-5-7-9-11-13-15-17-19-21-23-25-27-29-31-34(36(38)39)33-35(37(40)41)32-30-28-26-24-22-20-18-16-14-12-10-8-6-4-2/h17-20,34-35H,3-16,21-33H2,1-2H3,(H2,38,39)(H,40,41)/b19-17-,20-18-. The van der Waals surface area contributed by atoms with E-state index in [0.717, 1.165) is 57.8 Å². The Morgan fingerprint density at radius 3 is 1.17 bits per heavy atom. The number of hydrogen-bond acceptors (Lipinski definition) is 2. The van der Waals surface area contributed by atoms with Gasteiger partial charge in [-0.05, 0) is 70.6 Å². The molecule has 0 radical (unpaired) electrons. The maximum Gasteiger partial charge on any atom is 0.306 e. The zero-order valence-electron chi connectivity index (χ0n) is 27.4. The number of nitrogens with two attached hydrogens (primary N) is 1. The van der Waals surface area contributed by atoms with Crippen LogP contribution in [0.3, 0.4) is 0 Å². The molecule has 240 valence electrons. The van der Waals surface area contributed by atoms with Crippen LogP contribution >= 0.6 is 0 Å². The summed E-state index contributed by atoms with van der Waals surface area (Å²) in [7, 11) is 0. The topological polar surface area (TPSA) is 80.4 Å². The summed E-state index contributed by atoms with van der Waals surface area (Å²) >= 11 is 0. The Kier molecular flexibility index (Phi) is 30.1. The van der Waals surface area contributed by atoms with Crippen molar-refractivity contribution in [2.45, 2.75) is 187 Å². The number of carbonyl (C=O) groups is 2. The number of rotatable bonds is 32. The molecule has 41 heavy (non-hydrogen) atoms. The molecule has 0 heterocycles. The lowest BCUT2D eigenvalue weighted by Crippen LogP contribution is -2.28. The molecule has 0 rings (SSSR count). The van der Waals surface area contributed by atoms with E-state index in [1.807, 2.05) is 0 Å². The molecule has 4 heteroatoms. The Balaban J connectivity index is 3.90. The Hall–Kier alpha value is -1.58. The van der Waals surface area contributed by atoms with Gasteiger partial charge < -0.3 is 10.8 Å². The van der Waals surface area contributed by atoms with Gasteiger partial charge >= 0.3 is 5.97 Å². The summed E-state index contributed by atoms with van der Waals surface area (Å²) < 4.78 is 0. The molecule has 4 nitrogen and oxygen atoms in total. The van der Waals surface area contributed by atoms with E-state index in [9.17, 15) is 14.7 Å². The normalized spacial score (nSPS) is 13.3. The first-order valence-electron chi connectivity index (χ1n) is 17.8. The van der Waals surface area contributed by atoms with Crippen LogP contribution in [0, 0.1) is 11.8 Å². The molecular weight excluding hydrogens is 506 g/mol. The van der Waals surface area contributed by atoms with Crippen LogP contribution in [0.1, 0.15) is 187 Å². The van der Waals surface area contributed by atoms with E-state index in [1.54, 1.807) is 0 Å². The number of carbonyl (C=O) groups excluding carboxylic acids is 1. The van der Waals surface area contributed by atoms with Gasteiger partial charge in [0.25, 0.3) is 0 Å². The fraction of sp³-hybridized carbons (Fsp3) is 0.838. The summed E-state index contributed by atoms with van der Waals surface area (Å²) in [5.41, 5.74) is 5.67. The highest BCUT2D eigenvalue weighted by atomic mass is 16.4. The first-order valence-corrected chi connectivity index (χ1v) is 17.8. The zero-order chi connectivity index (χ0) is 30.2. The summed E-state index contributed by atoms with van der Waals surface area (Å²) in [6.45, 7) is 4.52. The van der Waals surface area contributed by atoms with Crippen molar-refractivity contribution in [1.82, 2.24) is 0 Å². The monoisotopic (exact) mass is 576 g/mol. The molecule has 1 amide bonds. The molecule has 0 aromatic carbocycles. The van der Waals surface area contributed by atoms with Gasteiger partial charge in [0, 0.05) is 5.92 Å². The summed E-state index contributed by atoms with van der Waals surface area (Å²) in [5, 5.41) is 9.73. The lowest BCUT2D eigenvalue weighted by molar-refractivity contribution is -0.143. The maximum atomic E-state index is 12.0. The van der Waals surface area contributed by atoms with Gasteiger partial charge in [0.15, 0.2) is 0 Å². The van der Waals surface area contributed by atoms with Crippen LogP contribution < -0.4 is 5.73 Å². The molecule has 0 aromatic heterocycles. The van der Waals surface area contributed by atoms with Crippen molar-refractivity contribution in [1.29, 1.82) is 0 Å². The number of amides is 1. The fourth-order valence-corrected chi connectivity index (χ4v) is 5.63. The van der Waals surface area contributed by atoms with Gasteiger partial charge in [-0.1, -0.05) is 141 Å². The van der Waals surface area contributed by atoms with Crippen LogP contribution in [-0.2, 0) is 9.59 Å². The molecule has 3 N–H and O–H groups in total. The highest BCUT2D eigenvalue weighted by Gasteiger charge is 2.25. The van der Waals surface area contributed by atoms with Crippen molar-refractivity contribution in [2.24, 2.45) is 17.6 Å². The van der Waals surface area contributed by atoms with E-state index in [1.165, 1.54) is 103 Å². The van der Waals surface area contributed by atoms with Crippen LogP contribution in [0.2, 0.25) is 0 Å². The molecule has 0 aromatic rings. The van der Waals surface area contributed by atoms with Gasteiger partial charge in [-0.2, -0.15) is 0 Å². The van der Waals surface area contributed by atoms with Crippen LogP contribution in [0.5, 0.6) is 0 Å². The third kappa shape index (κ3) is 28.3. The Bertz CT molecular complexity index is 588. The predicted octanol–water partition coefficient (Wildman–Crippen LogP) is 11.5. The molecule has 0 spiro atoms. The largest absolute Gasteiger partial charge is 0.481 e. The summed E-state index contributed by atoms with van der Waals surface area (Å²) in [6.07, 6.45) is 40.6. The van der Waals surface area contributed by atoms with Crippen LogP contribution in [0.15, 0.2) is 24.3 Å². The van der Waals surface area contributed by atoms with E-state index >= 15 is 0 Å². The number of allylic oxidation sites excluding steroid dienone is 4. The maximum absolute atomic E-state index is 12.0. The molecular formula is C37H69NO3. The van der Waals surface area contributed by atoms with Gasteiger partial charge in [0.05, 0.1) is 5.92 Å². The average Bonchev–Trinajstić information content (AvgIpc) is 2.95. The number of aliphatic carboxylic acids is 1. The highest BCUT2D eigenvalue weighted by molar-refractivity contribution is 5.78. The van der Waals surface area contributed by atoms with Crippen molar-refractivity contribution in [3.05, 3.63) is 24.3 Å². The average molecular weight is 576 g/mol. The van der Waals surface area contributed by atoms with Crippen LogP contribution in [-0.4, -0.2) is 17.0 Å². The first-order chi connectivity index (χ1) is 20.0. The summed E-state index contributed by atoms with van der Waals surface area (Å²) in [4.78, 5) is 23.9. The van der Waals surface area contributed by atoms with E-state index < -0.39 is 11.9 Å². The van der Waals surface area contributed by atoms with Crippen LogP contribution in [0.4, 0.5) is 0 Å². The van der Waals surface area contributed by atoms with Crippen molar-refractivity contribution in [2.75, 3.05) is 0 Å².